The Morgan fingerprint density at radius 3 is 2.46 bits per heavy atom. The van der Waals surface area contributed by atoms with Crippen molar-refractivity contribution in [3.8, 4) is 0 Å². The molecule has 2 aliphatic heterocycles. The van der Waals surface area contributed by atoms with Crippen LogP contribution in [0.2, 0.25) is 15.1 Å². The Morgan fingerprint density at radius 1 is 1.18 bits per heavy atom. The molecule has 146 valence electrons. The van der Waals surface area contributed by atoms with Gasteiger partial charge in [0.05, 0.1) is 32.8 Å². The topological polar surface area (TPSA) is 51.0 Å². The molecule has 4 nitrogen and oxygen atoms in total. The van der Waals surface area contributed by atoms with Gasteiger partial charge in [-0.15, -0.1) is 0 Å². The summed E-state index contributed by atoms with van der Waals surface area (Å²) in [5.74, 6) is -3.01. The van der Waals surface area contributed by atoms with E-state index in [1.165, 1.54) is 24.3 Å². The van der Waals surface area contributed by atoms with Crippen LogP contribution >= 0.6 is 34.8 Å². The van der Waals surface area contributed by atoms with Gasteiger partial charge in [0.25, 0.3) is 0 Å². The second-order valence-electron chi connectivity index (χ2n) is 7.16. The van der Waals surface area contributed by atoms with E-state index < -0.39 is 24.4 Å². The van der Waals surface area contributed by atoms with E-state index >= 15 is 8.78 Å². The monoisotopic (exact) mass is 445 g/mol. The molecule has 0 radical (unpaired) electrons. The van der Waals surface area contributed by atoms with Crippen LogP contribution in [0, 0.1) is 5.82 Å². The van der Waals surface area contributed by atoms with E-state index in [-0.39, 0.29) is 43.9 Å². The Bertz CT molecular complexity index is 1010. The highest BCUT2D eigenvalue weighted by Crippen LogP contribution is 2.43. The summed E-state index contributed by atoms with van der Waals surface area (Å²) in [5.41, 5.74) is -0.356. The SMILES string of the molecule is CC1(C)OB(O)c2ccc(C3=NOC(F)(c4cc(Cl)c(Cl)c(Cl)c4)C3)c(F)c21. The maximum atomic E-state index is 15.4. The van der Waals surface area contributed by atoms with Crippen LogP contribution in [-0.2, 0) is 20.9 Å². The molecule has 0 fully saturated rings. The van der Waals surface area contributed by atoms with Gasteiger partial charge < -0.3 is 14.5 Å². The smallest absolute Gasteiger partial charge is 0.423 e. The Kier molecular flexibility index (Phi) is 4.68. The Balaban J connectivity index is 1.71. The van der Waals surface area contributed by atoms with Crippen molar-refractivity contribution in [2.75, 3.05) is 0 Å². The summed E-state index contributed by atoms with van der Waals surface area (Å²) >= 11 is 17.8. The summed E-state index contributed by atoms with van der Waals surface area (Å²) in [7, 11) is -1.23. The summed E-state index contributed by atoms with van der Waals surface area (Å²) in [4.78, 5) is 5.00. The van der Waals surface area contributed by atoms with Crippen molar-refractivity contribution in [3.63, 3.8) is 0 Å². The van der Waals surface area contributed by atoms with E-state index in [1.807, 2.05) is 0 Å². The van der Waals surface area contributed by atoms with Crippen LogP contribution in [0.1, 0.15) is 37.0 Å². The maximum absolute atomic E-state index is 15.4. The molecular formula is C18H13BCl3F2NO3. The fourth-order valence-electron chi connectivity index (χ4n) is 3.51. The summed E-state index contributed by atoms with van der Waals surface area (Å²) in [6.45, 7) is 3.28. The van der Waals surface area contributed by atoms with Crippen molar-refractivity contribution in [1.29, 1.82) is 0 Å². The van der Waals surface area contributed by atoms with E-state index in [4.69, 9.17) is 44.3 Å². The lowest BCUT2D eigenvalue weighted by atomic mass is 9.77. The Labute approximate surface area is 175 Å². The third kappa shape index (κ3) is 3.01. The van der Waals surface area contributed by atoms with Crippen molar-refractivity contribution < 1.29 is 23.3 Å². The lowest BCUT2D eigenvalue weighted by molar-refractivity contribution is -0.130. The largest absolute Gasteiger partial charge is 0.492 e. The third-order valence-corrected chi connectivity index (χ3v) is 6.07. The molecule has 2 aromatic carbocycles. The average molecular weight is 446 g/mol. The van der Waals surface area contributed by atoms with E-state index in [0.29, 0.717) is 5.46 Å². The number of alkyl halides is 1. The van der Waals surface area contributed by atoms with Crippen molar-refractivity contribution in [2.24, 2.45) is 5.16 Å². The standard InChI is InChI=1S/C18H13BCl3F2NO3/c1-17(2)14-10(19(26)27-17)4-3-9(16(14)23)13-7-18(24,28-25-13)8-5-11(20)15(22)12(21)6-8/h3-6,26H,7H2,1-2H3. The van der Waals surface area contributed by atoms with Crippen molar-refractivity contribution in [3.05, 3.63) is 61.8 Å². The predicted molar refractivity (Wildman–Crippen MR) is 105 cm³/mol. The summed E-state index contributed by atoms with van der Waals surface area (Å²) < 4.78 is 36.0. The molecule has 2 aromatic rings. The van der Waals surface area contributed by atoms with Gasteiger partial charge >= 0.3 is 13.0 Å². The Hall–Kier alpha value is -1.38. The van der Waals surface area contributed by atoms with Gasteiger partial charge in [0.2, 0.25) is 0 Å². The molecule has 28 heavy (non-hydrogen) atoms. The molecule has 2 heterocycles. The molecule has 1 atom stereocenters. The lowest BCUT2D eigenvalue weighted by Crippen LogP contribution is -2.29. The van der Waals surface area contributed by atoms with E-state index in [9.17, 15) is 5.02 Å². The molecule has 2 aliphatic rings. The number of hydrogen-bond donors (Lipinski definition) is 1. The zero-order chi connectivity index (χ0) is 20.4. The highest BCUT2D eigenvalue weighted by atomic mass is 35.5. The maximum Gasteiger partial charge on any atom is 0.492 e. The van der Waals surface area contributed by atoms with Crippen molar-refractivity contribution in [1.82, 2.24) is 0 Å². The highest BCUT2D eigenvalue weighted by molar-refractivity contribution is 6.62. The highest BCUT2D eigenvalue weighted by Gasteiger charge is 2.46. The van der Waals surface area contributed by atoms with Crippen LogP contribution in [0.3, 0.4) is 0 Å². The van der Waals surface area contributed by atoms with Crippen LogP contribution in [0.15, 0.2) is 29.4 Å². The number of halogens is 5. The average Bonchev–Trinajstić information content (AvgIpc) is 3.11. The minimum atomic E-state index is -2.37. The predicted octanol–water partition coefficient (Wildman–Crippen LogP) is 4.69. The summed E-state index contributed by atoms with van der Waals surface area (Å²) in [6.07, 6.45) is -0.360. The number of oxime groups is 1. The Morgan fingerprint density at radius 2 is 1.82 bits per heavy atom. The molecule has 1 N–H and O–H groups in total. The van der Waals surface area contributed by atoms with Gasteiger partial charge in [0.15, 0.2) is 0 Å². The lowest BCUT2D eigenvalue weighted by Gasteiger charge is -2.21. The molecule has 4 rings (SSSR count). The first-order valence-corrected chi connectivity index (χ1v) is 9.45. The van der Waals surface area contributed by atoms with Gasteiger partial charge in [-0.3, -0.25) is 0 Å². The second-order valence-corrected chi connectivity index (χ2v) is 8.35. The first-order chi connectivity index (χ1) is 13.0. The zero-order valence-electron chi connectivity index (χ0n) is 14.7. The number of rotatable bonds is 2. The van der Waals surface area contributed by atoms with Crippen LogP contribution < -0.4 is 5.46 Å². The molecular weight excluding hydrogens is 433 g/mol. The van der Waals surface area contributed by atoms with Crippen LogP contribution in [-0.4, -0.2) is 17.9 Å². The normalized spacial score (nSPS) is 22.9. The van der Waals surface area contributed by atoms with Gasteiger partial charge in [-0.05, 0) is 31.4 Å². The van der Waals surface area contributed by atoms with E-state index in [0.717, 1.165) is 0 Å². The number of hydrogen-bond acceptors (Lipinski definition) is 4. The zero-order valence-corrected chi connectivity index (χ0v) is 17.0. The summed E-state index contributed by atoms with van der Waals surface area (Å²) in [5, 5.41) is 13.9. The van der Waals surface area contributed by atoms with Gasteiger partial charge in [0.1, 0.15) is 5.82 Å². The molecule has 0 aliphatic carbocycles. The first kappa shape index (κ1) is 19.9. The quantitative estimate of drug-likeness (QED) is 0.538. The molecule has 0 bridgehead atoms. The number of nitrogens with zero attached hydrogens (tertiary/aromatic N) is 1. The number of benzene rings is 2. The second kappa shape index (κ2) is 6.57. The van der Waals surface area contributed by atoms with Crippen LogP contribution in [0.4, 0.5) is 8.78 Å². The minimum absolute atomic E-state index is 0.0197. The molecule has 0 amide bonds. The molecule has 0 spiro atoms. The van der Waals surface area contributed by atoms with Gasteiger partial charge in [0, 0.05) is 16.7 Å². The van der Waals surface area contributed by atoms with Crippen molar-refractivity contribution in [2.45, 2.75) is 31.7 Å². The van der Waals surface area contributed by atoms with E-state index in [2.05, 4.69) is 5.16 Å². The third-order valence-electron chi connectivity index (χ3n) is 4.87. The fourth-order valence-corrected chi connectivity index (χ4v) is 4.11. The molecule has 0 saturated carbocycles. The fraction of sp³-hybridized carbons (Fsp3) is 0.278. The van der Waals surface area contributed by atoms with Crippen LogP contribution in [0.25, 0.3) is 0 Å². The summed E-state index contributed by atoms with van der Waals surface area (Å²) in [6, 6.07) is 5.53. The first-order valence-electron chi connectivity index (χ1n) is 8.31. The van der Waals surface area contributed by atoms with Gasteiger partial charge in [-0.2, -0.15) is 4.39 Å². The van der Waals surface area contributed by atoms with Gasteiger partial charge in [-0.1, -0.05) is 52.1 Å². The van der Waals surface area contributed by atoms with Crippen molar-refractivity contribution >= 4 is 53.1 Å². The molecule has 1 unspecified atom stereocenters. The molecule has 0 saturated heterocycles. The molecule has 10 heteroatoms. The van der Waals surface area contributed by atoms with Gasteiger partial charge in [-0.25, -0.2) is 4.39 Å². The van der Waals surface area contributed by atoms with E-state index in [1.54, 1.807) is 13.8 Å². The minimum Gasteiger partial charge on any atom is -0.423 e. The van der Waals surface area contributed by atoms with Crippen LogP contribution in [0.5, 0.6) is 0 Å². The number of fused-ring (bicyclic) bond motifs is 1. The molecule has 0 aromatic heterocycles.